The molecular formula is C11H14N2O2. The Bertz CT molecular complexity index is 401. The van der Waals surface area contributed by atoms with Gasteiger partial charge in [0.2, 0.25) is 0 Å². The first-order valence-corrected chi connectivity index (χ1v) is 4.75. The molecule has 0 aromatic carbocycles. The van der Waals surface area contributed by atoms with Crippen molar-refractivity contribution >= 4 is 5.91 Å². The van der Waals surface area contributed by atoms with E-state index in [0.717, 1.165) is 5.76 Å². The van der Waals surface area contributed by atoms with Crippen LogP contribution in [0.15, 0.2) is 10.5 Å². The number of hydrogen-bond donors (Lipinski definition) is 0. The van der Waals surface area contributed by atoms with E-state index in [1.807, 2.05) is 6.07 Å². The van der Waals surface area contributed by atoms with Gasteiger partial charge < -0.3 is 9.32 Å². The molecule has 0 fully saturated rings. The van der Waals surface area contributed by atoms with E-state index >= 15 is 0 Å². The molecule has 0 saturated heterocycles. The summed E-state index contributed by atoms with van der Waals surface area (Å²) in [6.45, 7) is 4.01. The molecular weight excluding hydrogens is 192 g/mol. The van der Waals surface area contributed by atoms with Gasteiger partial charge in [-0.05, 0) is 19.9 Å². The summed E-state index contributed by atoms with van der Waals surface area (Å²) in [4.78, 5) is 13.4. The van der Waals surface area contributed by atoms with Gasteiger partial charge in [-0.3, -0.25) is 4.79 Å². The maximum Gasteiger partial charge on any atom is 0.257 e. The molecule has 0 atom stereocenters. The quantitative estimate of drug-likeness (QED) is 0.758. The smallest absolute Gasteiger partial charge is 0.257 e. The summed E-state index contributed by atoms with van der Waals surface area (Å²) in [5, 5.41) is 8.42. The number of hydrogen-bond acceptors (Lipinski definition) is 3. The van der Waals surface area contributed by atoms with Crippen LogP contribution in [0.1, 0.15) is 28.3 Å². The molecule has 0 spiro atoms. The second-order valence-electron chi connectivity index (χ2n) is 3.46. The number of rotatable bonds is 3. The molecule has 4 heteroatoms. The SMILES string of the molecule is Cc1cc(C(=O)N(C)CCC#N)c(C)o1. The van der Waals surface area contributed by atoms with Crippen molar-refractivity contribution in [3.05, 3.63) is 23.2 Å². The van der Waals surface area contributed by atoms with Crippen LogP contribution >= 0.6 is 0 Å². The number of nitriles is 1. The number of amides is 1. The van der Waals surface area contributed by atoms with Crippen LogP contribution in [0.2, 0.25) is 0 Å². The Morgan fingerprint density at radius 3 is 2.73 bits per heavy atom. The molecule has 4 nitrogen and oxygen atoms in total. The van der Waals surface area contributed by atoms with Crippen LogP contribution in [0.25, 0.3) is 0 Å². The van der Waals surface area contributed by atoms with E-state index in [0.29, 0.717) is 24.3 Å². The summed E-state index contributed by atoms with van der Waals surface area (Å²) in [6.07, 6.45) is 0.345. The van der Waals surface area contributed by atoms with Crippen molar-refractivity contribution in [3.63, 3.8) is 0 Å². The first-order valence-electron chi connectivity index (χ1n) is 4.75. The Labute approximate surface area is 89.1 Å². The molecule has 15 heavy (non-hydrogen) atoms. The summed E-state index contributed by atoms with van der Waals surface area (Å²) < 4.78 is 5.28. The van der Waals surface area contributed by atoms with Crippen molar-refractivity contribution < 1.29 is 9.21 Å². The summed E-state index contributed by atoms with van der Waals surface area (Å²) in [5.74, 6) is 1.26. The van der Waals surface area contributed by atoms with E-state index in [1.54, 1.807) is 27.0 Å². The molecule has 0 bridgehead atoms. The molecule has 0 unspecified atom stereocenters. The third-order valence-electron chi connectivity index (χ3n) is 2.18. The number of furan rings is 1. The van der Waals surface area contributed by atoms with Crippen molar-refractivity contribution in [2.75, 3.05) is 13.6 Å². The molecule has 0 aliphatic heterocycles. The fraction of sp³-hybridized carbons (Fsp3) is 0.455. The van der Waals surface area contributed by atoms with Crippen molar-refractivity contribution in [3.8, 4) is 6.07 Å². The van der Waals surface area contributed by atoms with E-state index in [1.165, 1.54) is 4.90 Å². The molecule has 1 aromatic heterocycles. The van der Waals surface area contributed by atoms with Crippen molar-refractivity contribution in [1.82, 2.24) is 4.90 Å². The van der Waals surface area contributed by atoms with Crippen LogP contribution in [-0.4, -0.2) is 24.4 Å². The lowest BCUT2D eigenvalue weighted by molar-refractivity contribution is 0.0796. The second-order valence-corrected chi connectivity index (χ2v) is 3.46. The van der Waals surface area contributed by atoms with Crippen molar-refractivity contribution in [2.45, 2.75) is 20.3 Å². The normalized spacial score (nSPS) is 9.73. The van der Waals surface area contributed by atoms with E-state index in [4.69, 9.17) is 9.68 Å². The number of carbonyl (C=O) groups excluding carboxylic acids is 1. The Hall–Kier alpha value is -1.76. The average Bonchev–Trinajstić information content (AvgIpc) is 2.53. The van der Waals surface area contributed by atoms with Crippen LogP contribution in [0.5, 0.6) is 0 Å². The van der Waals surface area contributed by atoms with Gasteiger partial charge in [0.15, 0.2) is 0 Å². The molecule has 80 valence electrons. The van der Waals surface area contributed by atoms with E-state index < -0.39 is 0 Å². The first-order chi connectivity index (χ1) is 7.06. The molecule has 0 aliphatic rings. The summed E-state index contributed by atoms with van der Waals surface area (Å²) in [6, 6.07) is 3.73. The highest BCUT2D eigenvalue weighted by Gasteiger charge is 2.16. The Balaban J connectivity index is 2.76. The number of carbonyl (C=O) groups is 1. The van der Waals surface area contributed by atoms with Gasteiger partial charge in [0.05, 0.1) is 18.1 Å². The molecule has 1 rings (SSSR count). The Kier molecular flexibility index (Phi) is 3.51. The van der Waals surface area contributed by atoms with Crippen LogP contribution in [0, 0.1) is 25.2 Å². The molecule has 0 aliphatic carbocycles. The van der Waals surface area contributed by atoms with Gasteiger partial charge in [-0.1, -0.05) is 0 Å². The van der Waals surface area contributed by atoms with Crippen LogP contribution in [0.4, 0.5) is 0 Å². The topological polar surface area (TPSA) is 57.2 Å². The highest BCUT2D eigenvalue weighted by atomic mass is 16.3. The molecule has 0 radical (unpaired) electrons. The molecule has 1 amide bonds. The van der Waals surface area contributed by atoms with Gasteiger partial charge in [-0.2, -0.15) is 5.26 Å². The highest BCUT2D eigenvalue weighted by molar-refractivity contribution is 5.95. The summed E-state index contributed by atoms with van der Waals surface area (Å²) in [7, 11) is 1.68. The highest BCUT2D eigenvalue weighted by Crippen LogP contribution is 2.15. The van der Waals surface area contributed by atoms with Gasteiger partial charge in [-0.15, -0.1) is 0 Å². The van der Waals surface area contributed by atoms with Gasteiger partial charge in [0.25, 0.3) is 5.91 Å². The molecule has 1 heterocycles. The first kappa shape index (κ1) is 11.3. The van der Waals surface area contributed by atoms with Crippen molar-refractivity contribution in [2.24, 2.45) is 0 Å². The number of nitrogens with zero attached hydrogens (tertiary/aromatic N) is 2. The lowest BCUT2D eigenvalue weighted by Gasteiger charge is -2.14. The molecule has 0 saturated carbocycles. The van der Waals surface area contributed by atoms with Gasteiger partial charge >= 0.3 is 0 Å². The molecule has 1 aromatic rings. The second kappa shape index (κ2) is 4.65. The minimum Gasteiger partial charge on any atom is -0.466 e. The fourth-order valence-corrected chi connectivity index (χ4v) is 1.37. The fourth-order valence-electron chi connectivity index (χ4n) is 1.37. The van der Waals surface area contributed by atoms with E-state index in [9.17, 15) is 4.79 Å². The Morgan fingerprint density at radius 1 is 1.60 bits per heavy atom. The molecule has 0 N–H and O–H groups in total. The van der Waals surface area contributed by atoms with Gasteiger partial charge in [0.1, 0.15) is 11.5 Å². The van der Waals surface area contributed by atoms with Gasteiger partial charge in [-0.25, -0.2) is 0 Å². The summed E-state index contributed by atoms with van der Waals surface area (Å²) >= 11 is 0. The lowest BCUT2D eigenvalue weighted by atomic mass is 10.2. The maximum atomic E-state index is 11.8. The average molecular weight is 206 g/mol. The zero-order valence-corrected chi connectivity index (χ0v) is 9.20. The monoisotopic (exact) mass is 206 g/mol. The van der Waals surface area contributed by atoms with Crippen LogP contribution in [0.3, 0.4) is 0 Å². The van der Waals surface area contributed by atoms with E-state index in [2.05, 4.69) is 0 Å². The third-order valence-corrected chi connectivity index (χ3v) is 2.18. The number of aryl methyl sites for hydroxylation is 2. The lowest BCUT2D eigenvalue weighted by Crippen LogP contribution is -2.27. The predicted molar refractivity (Wildman–Crippen MR) is 55.4 cm³/mol. The zero-order valence-electron chi connectivity index (χ0n) is 9.20. The Morgan fingerprint density at radius 2 is 2.27 bits per heavy atom. The van der Waals surface area contributed by atoms with E-state index in [-0.39, 0.29) is 5.91 Å². The minimum absolute atomic E-state index is 0.0976. The minimum atomic E-state index is -0.0976. The van der Waals surface area contributed by atoms with Crippen LogP contribution in [-0.2, 0) is 0 Å². The standard InChI is InChI=1S/C11H14N2O2/c1-8-7-10(9(2)15-8)11(14)13(3)6-4-5-12/h7H,4,6H2,1-3H3. The zero-order chi connectivity index (χ0) is 11.4. The maximum absolute atomic E-state index is 11.8. The largest absolute Gasteiger partial charge is 0.466 e. The summed E-state index contributed by atoms with van der Waals surface area (Å²) in [5.41, 5.74) is 0.577. The van der Waals surface area contributed by atoms with Crippen molar-refractivity contribution in [1.29, 1.82) is 5.26 Å². The third kappa shape index (κ3) is 2.59. The van der Waals surface area contributed by atoms with Gasteiger partial charge in [0, 0.05) is 13.6 Å². The van der Waals surface area contributed by atoms with Crippen LogP contribution < -0.4 is 0 Å². The predicted octanol–water partition coefficient (Wildman–Crippen LogP) is 1.88.